The first-order valence-electron chi connectivity index (χ1n) is 8.19. The summed E-state index contributed by atoms with van der Waals surface area (Å²) in [6, 6.07) is 13.7. The number of amides is 3. The monoisotopic (exact) mass is 341 g/mol. The number of fused-ring (bicyclic) bond motifs is 1. The Kier molecular flexibility index (Phi) is 4.97. The van der Waals surface area contributed by atoms with E-state index in [2.05, 4.69) is 10.6 Å². The molecule has 2 aromatic carbocycles. The van der Waals surface area contributed by atoms with E-state index >= 15 is 0 Å². The number of halogens is 1. The van der Waals surface area contributed by atoms with Gasteiger partial charge in [-0.2, -0.15) is 0 Å². The molecule has 0 radical (unpaired) electrons. The predicted molar refractivity (Wildman–Crippen MR) is 93.6 cm³/mol. The Hall–Kier alpha value is -2.89. The van der Waals surface area contributed by atoms with Crippen LogP contribution in [0.25, 0.3) is 0 Å². The summed E-state index contributed by atoms with van der Waals surface area (Å²) in [4.78, 5) is 25.7. The van der Waals surface area contributed by atoms with Crippen LogP contribution in [0.3, 0.4) is 0 Å². The minimum absolute atomic E-state index is 0.0486. The minimum Gasteiger partial charge on any atom is -0.352 e. The fraction of sp³-hybridized carbons (Fsp3) is 0.263. The van der Waals surface area contributed by atoms with Crippen LogP contribution >= 0.6 is 0 Å². The van der Waals surface area contributed by atoms with E-state index in [-0.39, 0.29) is 36.9 Å². The lowest BCUT2D eigenvalue weighted by atomic mass is 10.1. The molecule has 5 nitrogen and oxygen atoms in total. The highest BCUT2D eigenvalue weighted by molar-refractivity contribution is 5.94. The fourth-order valence-corrected chi connectivity index (χ4v) is 2.93. The molecular formula is C19H20FN3O2. The van der Waals surface area contributed by atoms with Crippen molar-refractivity contribution < 1.29 is 14.0 Å². The summed E-state index contributed by atoms with van der Waals surface area (Å²) in [5.74, 6) is -0.603. The normalized spacial score (nSPS) is 14.5. The maximum absolute atomic E-state index is 13.3. The molecule has 2 N–H and O–H groups in total. The lowest BCUT2D eigenvalue weighted by Crippen LogP contribution is -2.46. The van der Waals surface area contributed by atoms with E-state index in [4.69, 9.17) is 0 Å². The van der Waals surface area contributed by atoms with E-state index in [1.807, 2.05) is 37.3 Å². The van der Waals surface area contributed by atoms with Crippen LogP contribution in [0.15, 0.2) is 48.5 Å². The van der Waals surface area contributed by atoms with Crippen molar-refractivity contribution in [3.8, 4) is 0 Å². The minimum atomic E-state index is -0.365. The number of rotatable bonds is 5. The summed E-state index contributed by atoms with van der Waals surface area (Å²) in [7, 11) is 0. The molecule has 0 fully saturated rings. The average Bonchev–Trinajstić information content (AvgIpc) is 2.56. The molecular weight excluding hydrogens is 321 g/mol. The maximum atomic E-state index is 13.3. The zero-order chi connectivity index (χ0) is 17.8. The second-order valence-electron chi connectivity index (χ2n) is 6.25. The Morgan fingerprint density at radius 1 is 1.28 bits per heavy atom. The molecule has 25 heavy (non-hydrogen) atoms. The summed E-state index contributed by atoms with van der Waals surface area (Å²) in [5, 5.41) is 5.57. The van der Waals surface area contributed by atoms with Crippen LogP contribution in [0.5, 0.6) is 0 Å². The maximum Gasteiger partial charge on any atom is 0.322 e. The molecule has 0 saturated carbocycles. The molecule has 1 aliphatic rings. The van der Waals surface area contributed by atoms with Gasteiger partial charge in [-0.25, -0.2) is 9.18 Å². The number of carbonyl (C=O) groups excluding carboxylic acids is 2. The van der Waals surface area contributed by atoms with Gasteiger partial charge in [-0.05, 0) is 42.7 Å². The molecule has 0 aliphatic carbocycles. The number of hydrogen-bond donors (Lipinski definition) is 2. The third-order valence-electron chi connectivity index (χ3n) is 4.08. The summed E-state index contributed by atoms with van der Waals surface area (Å²) in [6.07, 6.45) is 0.715. The van der Waals surface area contributed by atoms with E-state index in [1.54, 1.807) is 0 Å². The molecule has 6 heteroatoms. The second kappa shape index (κ2) is 7.34. The quantitative estimate of drug-likeness (QED) is 0.878. The first kappa shape index (κ1) is 17.0. The molecule has 0 unspecified atom stereocenters. The Bertz CT molecular complexity index is 779. The van der Waals surface area contributed by atoms with Gasteiger partial charge < -0.3 is 15.5 Å². The van der Waals surface area contributed by atoms with Crippen molar-refractivity contribution in [2.45, 2.75) is 25.9 Å². The second-order valence-corrected chi connectivity index (χ2v) is 6.25. The largest absolute Gasteiger partial charge is 0.352 e. The smallest absolute Gasteiger partial charge is 0.322 e. The molecule has 1 atom stereocenters. The number of nitrogens with one attached hydrogen (secondary N) is 2. The van der Waals surface area contributed by atoms with Gasteiger partial charge in [0.2, 0.25) is 5.91 Å². The average molecular weight is 341 g/mol. The van der Waals surface area contributed by atoms with Crippen LogP contribution in [0.1, 0.15) is 18.1 Å². The van der Waals surface area contributed by atoms with Gasteiger partial charge in [0.1, 0.15) is 12.4 Å². The molecule has 3 amide bonds. The van der Waals surface area contributed by atoms with Gasteiger partial charge in [-0.1, -0.05) is 30.3 Å². The van der Waals surface area contributed by atoms with E-state index < -0.39 is 0 Å². The first-order chi connectivity index (χ1) is 12.0. The third kappa shape index (κ3) is 4.35. The van der Waals surface area contributed by atoms with Gasteiger partial charge in [-0.15, -0.1) is 0 Å². The van der Waals surface area contributed by atoms with Crippen LogP contribution in [-0.4, -0.2) is 29.4 Å². The van der Waals surface area contributed by atoms with Crippen LogP contribution in [-0.2, 0) is 17.8 Å². The highest BCUT2D eigenvalue weighted by Crippen LogP contribution is 2.23. The lowest BCUT2D eigenvalue weighted by molar-refractivity contribution is -0.122. The van der Waals surface area contributed by atoms with Crippen molar-refractivity contribution in [1.82, 2.24) is 10.2 Å². The van der Waals surface area contributed by atoms with Crippen molar-refractivity contribution >= 4 is 17.6 Å². The zero-order valence-corrected chi connectivity index (χ0v) is 14.0. The topological polar surface area (TPSA) is 61.4 Å². The van der Waals surface area contributed by atoms with Crippen LogP contribution in [0, 0.1) is 5.82 Å². The molecule has 1 aliphatic heterocycles. The van der Waals surface area contributed by atoms with Gasteiger partial charge in [0.15, 0.2) is 0 Å². The van der Waals surface area contributed by atoms with Crippen LogP contribution in [0.2, 0.25) is 0 Å². The van der Waals surface area contributed by atoms with Crippen molar-refractivity contribution in [2.24, 2.45) is 0 Å². The molecule has 0 bridgehead atoms. The van der Waals surface area contributed by atoms with Gasteiger partial charge in [0.05, 0.1) is 6.54 Å². The van der Waals surface area contributed by atoms with Gasteiger partial charge in [0, 0.05) is 11.7 Å². The summed E-state index contributed by atoms with van der Waals surface area (Å²) in [5.41, 5.74) is 2.38. The first-order valence-corrected chi connectivity index (χ1v) is 8.19. The Morgan fingerprint density at radius 3 is 2.80 bits per heavy atom. The van der Waals surface area contributed by atoms with E-state index in [0.717, 1.165) is 5.56 Å². The third-order valence-corrected chi connectivity index (χ3v) is 4.08. The number of hydrogen-bond acceptors (Lipinski definition) is 2. The summed E-state index contributed by atoms with van der Waals surface area (Å²) < 4.78 is 13.3. The SMILES string of the molecule is C[C@H](Cc1ccccc1)NC(=O)CN1Cc2cc(F)ccc2NC1=O. The van der Waals surface area contributed by atoms with Crippen molar-refractivity contribution in [2.75, 3.05) is 11.9 Å². The van der Waals surface area contributed by atoms with Gasteiger partial charge in [-0.3, -0.25) is 4.79 Å². The van der Waals surface area contributed by atoms with Crippen molar-refractivity contribution in [3.63, 3.8) is 0 Å². The molecule has 2 aromatic rings. The molecule has 3 rings (SSSR count). The number of carbonyl (C=O) groups is 2. The molecule has 0 saturated heterocycles. The summed E-state index contributed by atoms with van der Waals surface area (Å²) >= 11 is 0. The van der Waals surface area contributed by atoms with Crippen molar-refractivity contribution in [3.05, 3.63) is 65.5 Å². The van der Waals surface area contributed by atoms with E-state index in [9.17, 15) is 14.0 Å². The van der Waals surface area contributed by atoms with E-state index in [1.165, 1.54) is 23.1 Å². The number of anilines is 1. The number of nitrogens with zero attached hydrogens (tertiary/aromatic N) is 1. The Morgan fingerprint density at radius 2 is 2.04 bits per heavy atom. The highest BCUT2D eigenvalue weighted by atomic mass is 19.1. The summed E-state index contributed by atoms with van der Waals surface area (Å²) in [6.45, 7) is 2.06. The Balaban J connectivity index is 1.56. The lowest BCUT2D eigenvalue weighted by Gasteiger charge is -2.29. The predicted octanol–water partition coefficient (Wildman–Crippen LogP) is 2.92. The standard InChI is InChI=1S/C19H20FN3O2/c1-13(9-14-5-3-2-4-6-14)21-18(24)12-23-11-15-10-16(20)7-8-17(15)22-19(23)25/h2-8,10,13H,9,11-12H2,1H3,(H,21,24)(H,22,25)/t13-/m1/s1. The number of benzene rings is 2. The highest BCUT2D eigenvalue weighted by Gasteiger charge is 2.25. The van der Waals surface area contributed by atoms with E-state index in [0.29, 0.717) is 17.7 Å². The van der Waals surface area contributed by atoms with Gasteiger partial charge in [0.25, 0.3) is 0 Å². The van der Waals surface area contributed by atoms with Crippen LogP contribution in [0.4, 0.5) is 14.9 Å². The molecule has 130 valence electrons. The van der Waals surface area contributed by atoms with Crippen molar-refractivity contribution in [1.29, 1.82) is 0 Å². The molecule has 0 aromatic heterocycles. The van der Waals surface area contributed by atoms with Gasteiger partial charge >= 0.3 is 6.03 Å². The molecule has 1 heterocycles. The number of urea groups is 1. The fourth-order valence-electron chi connectivity index (χ4n) is 2.93. The van der Waals surface area contributed by atoms with Crippen LogP contribution < -0.4 is 10.6 Å². The zero-order valence-electron chi connectivity index (χ0n) is 14.0. The Labute approximate surface area is 145 Å². The molecule has 0 spiro atoms.